The highest BCUT2D eigenvalue weighted by atomic mass is 19.4. The number of hydrogen-bond acceptors (Lipinski definition) is 7. The maximum absolute atomic E-state index is 12.8. The molecule has 2 fully saturated rings. The highest BCUT2D eigenvalue weighted by Gasteiger charge is 2.48. The summed E-state index contributed by atoms with van der Waals surface area (Å²) in [6.45, 7) is 2.17. The van der Waals surface area contributed by atoms with Crippen LogP contribution < -0.4 is 4.90 Å². The van der Waals surface area contributed by atoms with Crippen molar-refractivity contribution < 1.29 is 55.7 Å². The van der Waals surface area contributed by atoms with E-state index in [2.05, 4.69) is 14.9 Å². The fraction of sp³-hybridized carbons (Fsp3) is 0.391. The number of alkyl halides is 6. The van der Waals surface area contributed by atoms with Gasteiger partial charge in [0.1, 0.15) is 0 Å². The quantitative estimate of drug-likeness (QED) is 0.512. The summed E-state index contributed by atoms with van der Waals surface area (Å²) in [7, 11) is 1.97. The van der Waals surface area contributed by atoms with Gasteiger partial charge < -0.3 is 20.0 Å². The minimum Gasteiger partial charge on any atom is -0.475 e. The van der Waals surface area contributed by atoms with Gasteiger partial charge in [-0.2, -0.15) is 26.3 Å². The lowest BCUT2D eigenvalue weighted by molar-refractivity contribution is -0.193. The van der Waals surface area contributed by atoms with Crippen LogP contribution in [-0.2, 0) is 14.4 Å². The van der Waals surface area contributed by atoms with E-state index in [0.29, 0.717) is 31.7 Å². The molecule has 11 nitrogen and oxygen atoms in total. The van der Waals surface area contributed by atoms with Crippen LogP contribution in [0.3, 0.4) is 0 Å². The normalized spacial score (nSPS) is 19.3. The molecule has 0 aliphatic carbocycles. The molecule has 40 heavy (non-hydrogen) atoms. The first-order valence-electron chi connectivity index (χ1n) is 11.2. The van der Waals surface area contributed by atoms with E-state index in [-0.39, 0.29) is 17.4 Å². The molecule has 0 aromatic carbocycles. The Balaban J connectivity index is 0.000000333. The van der Waals surface area contributed by atoms with Crippen LogP contribution in [-0.4, -0.2) is 105 Å². The molecule has 17 heteroatoms. The number of carbonyl (C=O) groups excluding carboxylic acids is 2. The Bertz CT molecular complexity index is 1170. The lowest BCUT2D eigenvalue weighted by Crippen LogP contribution is -2.64. The maximum atomic E-state index is 12.8. The van der Waals surface area contributed by atoms with E-state index in [0.717, 1.165) is 12.1 Å². The number of piperazine rings is 1. The van der Waals surface area contributed by atoms with Crippen LogP contribution in [0.15, 0.2) is 49.1 Å². The lowest BCUT2D eigenvalue weighted by Gasteiger charge is -2.46. The zero-order valence-corrected chi connectivity index (χ0v) is 20.7. The van der Waals surface area contributed by atoms with Crippen molar-refractivity contribution in [3.63, 3.8) is 0 Å². The van der Waals surface area contributed by atoms with Gasteiger partial charge in [0, 0.05) is 38.2 Å². The number of halogens is 6. The Morgan fingerprint density at radius 1 is 0.900 bits per heavy atom. The Kier molecular flexibility index (Phi) is 10.2. The average Bonchev–Trinajstić information content (AvgIpc) is 3.32. The zero-order chi connectivity index (χ0) is 30.3. The summed E-state index contributed by atoms with van der Waals surface area (Å²) in [5.74, 6) is -5.46. The average molecular weight is 579 g/mol. The van der Waals surface area contributed by atoms with Crippen molar-refractivity contribution in [1.29, 1.82) is 0 Å². The summed E-state index contributed by atoms with van der Waals surface area (Å²) in [5.41, 5.74) is 1.17. The number of aromatic nitrogens is 2. The Labute approximate surface area is 222 Å². The third kappa shape index (κ3) is 8.36. The van der Waals surface area contributed by atoms with Gasteiger partial charge in [-0.1, -0.05) is 0 Å². The molecule has 2 saturated heterocycles. The van der Waals surface area contributed by atoms with Gasteiger partial charge in [0.15, 0.2) is 0 Å². The van der Waals surface area contributed by atoms with Gasteiger partial charge in [-0.15, -0.1) is 0 Å². The molecular weight excluding hydrogens is 556 g/mol. The van der Waals surface area contributed by atoms with Gasteiger partial charge in [0.25, 0.3) is 5.91 Å². The second kappa shape index (κ2) is 12.7. The van der Waals surface area contributed by atoms with E-state index in [1.54, 1.807) is 41.8 Å². The fourth-order valence-corrected chi connectivity index (χ4v) is 3.85. The molecule has 2 aromatic heterocycles. The third-order valence-electron chi connectivity index (χ3n) is 5.91. The molecule has 2 aliphatic rings. The summed E-state index contributed by atoms with van der Waals surface area (Å²) in [5, 5.41) is 14.2. The van der Waals surface area contributed by atoms with Crippen LogP contribution in [0, 0.1) is 0 Å². The number of nitrogens with zero attached hydrogens (tertiary/aromatic N) is 5. The molecule has 2 amide bonds. The van der Waals surface area contributed by atoms with Gasteiger partial charge >= 0.3 is 24.3 Å². The fourth-order valence-electron chi connectivity index (χ4n) is 3.85. The van der Waals surface area contributed by atoms with Crippen LogP contribution in [0.1, 0.15) is 16.8 Å². The van der Waals surface area contributed by atoms with Crippen molar-refractivity contribution in [2.45, 2.75) is 24.3 Å². The van der Waals surface area contributed by atoms with Gasteiger partial charge in [0.05, 0.1) is 29.5 Å². The van der Waals surface area contributed by atoms with E-state index in [1.807, 2.05) is 24.1 Å². The van der Waals surface area contributed by atoms with E-state index < -0.39 is 24.3 Å². The number of aliphatic carboxylic acids is 2. The van der Waals surface area contributed by atoms with Gasteiger partial charge in [-0.05, 0) is 37.7 Å². The molecule has 4 rings (SSSR count). The number of pyridine rings is 2. The Morgan fingerprint density at radius 3 is 1.88 bits per heavy atom. The van der Waals surface area contributed by atoms with Crippen LogP contribution in [0.2, 0.25) is 0 Å². The first-order valence-corrected chi connectivity index (χ1v) is 11.2. The largest absolute Gasteiger partial charge is 0.490 e. The smallest absolute Gasteiger partial charge is 0.475 e. The first-order chi connectivity index (χ1) is 18.5. The molecule has 0 radical (unpaired) electrons. The number of rotatable bonds is 2. The molecule has 2 N–H and O–H groups in total. The van der Waals surface area contributed by atoms with E-state index in [9.17, 15) is 35.9 Å². The number of carbonyl (C=O) groups is 4. The van der Waals surface area contributed by atoms with Crippen LogP contribution in [0.25, 0.3) is 0 Å². The van der Waals surface area contributed by atoms with E-state index >= 15 is 0 Å². The van der Waals surface area contributed by atoms with Crippen LogP contribution in [0.4, 0.5) is 32.0 Å². The summed E-state index contributed by atoms with van der Waals surface area (Å²) in [6.07, 6.45) is -2.66. The van der Waals surface area contributed by atoms with Gasteiger partial charge in [-0.3, -0.25) is 24.5 Å². The summed E-state index contributed by atoms with van der Waals surface area (Å²) in [4.78, 5) is 57.0. The molecule has 1 atom stereocenters. The van der Waals surface area contributed by atoms with Crippen LogP contribution in [0.5, 0.6) is 0 Å². The van der Waals surface area contributed by atoms with Crippen molar-refractivity contribution in [2.24, 2.45) is 0 Å². The predicted molar refractivity (Wildman–Crippen MR) is 124 cm³/mol. The molecule has 2 aliphatic heterocycles. The summed E-state index contributed by atoms with van der Waals surface area (Å²) < 4.78 is 63.5. The standard InChI is InChI=1S/C19H21N5O2.2C2HF3O2/c1-22-12-17(25)24(16-5-3-8-21-11-16)14-19(22)6-9-23(13-19)18(26)15-4-2-7-20-10-15;2*3-2(4,5)1(6)7/h2-5,7-8,10-11H,6,9,12-14H2,1H3;2*(H,6,7). The number of anilines is 1. The zero-order valence-electron chi connectivity index (χ0n) is 20.7. The summed E-state index contributed by atoms with van der Waals surface area (Å²) >= 11 is 0. The van der Waals surface area contributed by atoms with Crippen molar-refractivity contribution in [3.05, 3.63) is 54.6 Å². The number of amides is 2. The number of likely N-dealkylation sites (tertiary alicyclic amines) is 1. The van der Waals surface area contributed by atoms with Crippen molar-refractivity contribution >= 4 is 29.4 Å². The minimum atomic E-state index is -5.08. The number of carboxylic acid groups (broad SMARTS) is 2. The Hall–Kier alpha value is -4.28. The molecule has 0 saturated carbocycles. The second-order valence-corrected chi connectivity index (χ2v) is 8.60. The monoisotopic (exact) mass is 579 g/mol. The predicted octanol–water partition coefficient (Wildman–Crippen LogP) is 2.31. The number of carboxylic acids is 2. The highest BCUT2D eigenvalue weighted by molar-refractivity contribution is 5.96. The molecule has 0 bridgehead atoms. The molecule has 4 heterocycles. The van der Waals surface area contributed by atoms with Crippen molar-refractivity contribution in [3.8, 4) is 0 Å². The second-order valence-electron chi connectivity index (χ2n) is 8.60. The Morgan fingerprint density at radius 2 is 1.43 bits per heavy atom. The lowest BCUT2D eigenvalue weighted by atomic mass is 9.92. The first kappa shape index (κ1) is 31.9. The molecular formula is C23H23F6N5O6. The van der Waals surface area contributed by atoms with Gasteiger partial charge in [-0.25, -0.2) is 9.59 Å². The maximum Gasteiger partial charge on any atom is 0.490 e. The third-order valence-corrected chi connectivity index (χ3v) is 5.91. The molecule has 2 aromatic rings. The highest BCUT2D eigenvalue weighted by Crippen LogP contribution is 2.33. The molecule has 1 spiro atoms. The van der Waals surface area contributed by atoms with E-state index in [1.165, 1.54) is 0 Å². The van der Waals surface area contributed by atoms with Crippen molar-refractivity contribution in [1.82, 2.24) is 19.8 Å². The number of likely N-dealkylation sites (N-methyl/N-ethyl adjacent to an activating group) is 1. The summed E-state index contributed by atoms with van der Waals surface area (Å²) in [6, 6.07) is 7.29. The topological polar surface area (TPSA) is 144 Å². The molecule has 218 valence electrons. The van der Waals surface area contributed by atoms with Gasteiger partial charge in [0.2, 0.25) is 5.91 Å². The SMILES string of the molecule is CN1CC(=O)N(c2cccnc2)CC12CCN(C(=O)c1cccnc1)C2.O=C(O)C(F)(F)F.O=C(O)C(F)(F)F. The van der Waals surface area contributed by atoms with Crippen molar-refractivity contribution in [2.75, 3.05) is 38.1 Å². The number of hydrogen-bond donors (Lipinski definition) is 2. The molecule has 1 unspecified atom stereocenters. The van der Waals surface area contributed by atoms with Crippen LogP contribution >= 0.6 is 0 Å². The van der Waals surface area contributed by atoms with E-state index in [4.69, 9.17) is 19.8 Å². The minimum absolute atomic E-state index is 0.00629.